The van der Waals surface area contributed by atoms with E-state index in [9.17, 15) is 14.4 Å². The van der Waals surface area contributed by atoms with Crippen LogP contribution in [-0.2, 0) is 20.1 Å². The molecule has 3 N–H and O–H groups in total. The van der Waals surface area contributed by atoms with Crippen molar-refractivity contribution in [1.29, 1.82) is 0 Å². The Labute approximate surface area is 120 Å². The molecule has 0 spiro atoms. The number of nitrogens with one attached hydrogen (secondary N) is 1. The van der Waals surface area contributed by atoms with Gasteiger partial charge in [0, 0.05) is 5.75 Å². The smallest absolute Gasteiger partial charge is 0.326 e. The molecule has 0 aliphatic rings. The van der Waals surface area contributed by atoms with E-state index in [2.05, 4.69) is 5.32 Å². The SMILES string of the molecule is O=C(O)C[C@H](NC(=O)CSCc1ccccc1)C(=O)O. The summed E-state index contributed by atoms with van der Waals surface area (Å²) in [6.45, 7) is 0. The van der Waals surface area contributed by atoms with Crippen molar-refractivity contribution in [1.82, 2.24) is 5.32 Å². The van der Waals surface area contributed by atoms with E-state index in [1.54, 1.807) is 0 Å². The van der Waals surface area contributed by atoms with E-state index in [1.807, 2.05) is 30.3 Å². The molecule has 0 saturated heterocycles. The number of carboxylic acids is 2. The maximum Gasteiger partial charge on any atom is 0.326 e. The van der Waals surface area contributed by atoms with Crippen LogP contribution in [0.2, 0.25) is 0 Å². The third-order valence-corrected chi connectivity index (χ3v) is 3.36. The topological polar surface area (TPSA) is 104 Å². The Hall–Kier alpha value is -2.02. The minimum Gasteiger partial charge on any atom is -0.481 e. The number of amides is 1. The molecule has 0 radical (unpaired) electrons. The molecule has 0 aromatic heterocycles. The molecular formula is C13H15NO5S. The highest BCUT2D eigenvalue weighted by Gasteiger charge is 2.22. The maximum atomic E-state index is 11.5. The van der Waals surface area contributed by atoms with E-state index in [-0.39, 0.29) is 5.75 Å². The molecule has 0 aliphatic heterocycles. The Morgan fingerprint density at radius 1 is 1.15 bits per heavy atom. The van der Waals surface area contributed by atoms with Gasteiger partial charge in [0.05, 0.1) is 12.2 Å². The number of hydrogen-bond donors (Lipinski definition) is 3. The Balaban J connectivity index is 2.35. The van der Waals surface area contributed by atoms with E-state index in [0.29, 0.717) is 5.75 Å². The second-order valence-corrected chi connectivity index (χ2v) is 5.02. The van der Waals surface area contributed by atoms with Gasteiger partial charge in [0.1, 0.15) is 6.04 Å². The van der Waals surface area contributed by atoms with Crippen molar-refractivity contribution in [3.8, 4) is 0 Å². The molecule has 1 aromatic rings. The highest BCUT2D eigenvalue weighted by Crippen LogP contribution is 2.11. The summed E-state index contributed by atoms with van der Waals surface area (Å²) >= 11 is 1.33. The van der Waals surface area contributed by atoms with Crippen LogP contribution in [0.25, 0.3) is 0 Å². The molecule has 0 bridgehead atoms. The van der Waals surface area contributed by atoms with Gasteiger partial charge < -0.3 is 15.5 Å². The lowest BCUT2D eigenvalue weighted by molar-refractivity contribution is -0.147. The number of carbonyl (C=O) groups excluding carboxylic acids is 1. The predicted octanol–water partition coefficient (Wildman–Crippen LogP) is 0.964. The molecule has 0 saturated carbocycles. The Morgan fingerprint density at radius 3 is 2.35 bits per heavy atom. The van der Waals surface area contributed by atoms with Gasteiger partial charge in [-0.15, -0.1) is 11.8 Å². The van der Waals surface area contributed by atoms with E-state index in [1.165, 1.54) is 11.8 Å². The lowest BCUT2D eigenvalue weighted by Gasteiger charge is -2.12. The van der Waals surface area contributed by atoms with Crippen LogP contribution >= 0.6 is 11.8 Å². The molecule has 1 atom stereocenters. The van der Waals surface area contributed by atoms with Crippen LogP contribution < -0.4 is 5.32 Å². The number of aliphatic carboxylic acids is 2. The van der Waals surface area contributed by atoms with Crippen molar-refractivity contribution in [3.63, 3.8) is 0 Å². The van der Waals surface area contributed by atoms with Crippen molar-refractivity contribution in [2.24, 2.45) is 0 Å². The summed E-state index contributed by atoms with van der Waals surface area (Å²) in [5.74, 6) is -2.40. The van der Waals surface area contributed by atoms with Gasteiger partial charge >= 0.3 is 11.9 Å². The number of carboxylic acid groups (broad SMARTS) is 2. The van der Waals surface area contributed by atoms with Crippen molar-refractivity contribution < 1.29 is 24.6 Å². The van der Waals surface area contributed by atoms with Crippen LogP contribution in [0, 0.1) is 0 Å². The van der Waals surface area contributed by atoms with Gasteiger partial charge in [-0.25, -0.2) is 4.79 Å². The number of benzene rings is 1. The van der Waals surface area contributed by atoms with Gasteiger partial charge in [-0.1, -0.05) is 30.3 Å². The quantitative estimate of drug-likeness (QED) is 0.660. The average molecular weight is 297 g/mol. The predicted molar refractivity (Wildman–Crippen MR) is 74.4 cm³/mol. The monoisotopic (exact) mass is 297 g/mol. The summed E-state index contributed by atoms with van der Waals surface area (Å²) in [6, 6.07) is 8.14. The van der Waals surface area contributed by atoms with Crippen molar-refractivity contribution in [2.45, 2.75) is 18.2 Å². The van der Waals surface area contributed by atoms with E-state index in [0.717, 1.165) is 5.56 Å². The molecular weight excluding hydrogens is 282 g/mol. The van der Waals surface area contributed by atoms with Crippen LogP contribution in [-0.4, -0.2) is 39.9 Å². The molecule has 108 valence electrons. The van der Waals surface area contributed by atoms with Crippen LogP contribution in [0.3, 0.4) is 0 Å². The van der Waals surface area contributed by atoms with E-state index >= 15 is 0 Å². The maximum absolute atomic E-state index is 11.5. The average Bonchev–Trinajstić information content (AvgIpc) is 2.38. The normalized spacial score (nSPS) is 11.6. The highest BCUT2D eigenvalue weighted by molar-refractivity contribution is 7.99. The first kappa shape index (κ1) is 16.0. The summed E-state index contributed by atoms with van der Waals surface area (Å²) in [6.07, 6.45) is -0.634. The van der Waals surface area contributed by atoms with Gasteiger partial charge in [0.15, 0.2) is 0 Å². The summed E-state index contributed by atoms with van der Waals surface area (Å²) < 4.78 is 0. The second-order valence-electron chi connectivity index (χ2n) is 4.03. The highest BCUT2D eigenvalue weighted by atomic mass is 32.2. The summed E-state index contributed by atoms with van der Waals surface area (Å²) in [5.41, 5.74) is 1.06. The fourth-order valence-electron chi connectivity index (χ4n) is 1.45. The molecule has 0 heterocycles. The Kier molecular flexibility index (Phi) is 6.58. The zero-order valence-corrected chi connectivity index (χ0v) is 11.4. The van der Waals surface area contributed by atoms with Crippen molar-refractivity contribution in [2.75, 3.05) is 5.75 Å². The number of rotatable bonds is 8. The zero-order chi connectivity index (χ0) is 15.0. The van der Waals surface area contributed by atoms with Gasteiger partial charge in [-0.3, -0.25) is 9.59 Å². The van der Waals surface area contributed by atoms with Crippen LogP contribution in [0.1, 0.15) is 12.0 Å². The first-order chi connectivity index (χ1) is 9.49. The molecule has 0 aliphatic carbocycles. The largest absolute Gasteiger partial charge is 0.481 e. The first-order valence-corrected chi connectivity index (χ1v) is 7.00. The lowest BCUT2D eigenvalue weighted by Crippen LogP contribution is -2.43. The molecule has 1 rings (SSSR count). The standard InChI is InChI=1S/C13H15NO5S/c15-11(14-10(13(18)19)6-12(16)17)8-20-7-9-4-2-1-3-5-9/h1-5,10H,6-8H2,(H,14,15)(H,16,17)(H,18,19)/t10-/m0/s1. The van der Waals surface area contributed by atoms with Gasteiger partial charge in [-0.2, -0.15) is 0 Å². The number of thioether (sulfide) groups is 1. The summed E-state index contributed by atoms with van der Waals surface area (Å²) in [4.78, 5) is 32.8. The summed E-state index contributed by atoms with van der Waals surface area (Å²) in [7, 11) is 0. The second kappa shape index (κ2) is 8.21. The molecule has 1 aromatic carbocycles. The molecule has 7 heteroatoms. The summed E-state index contributed by atoms with van der Waals surface area (Å²) in [5, 5.41) is 19.5. The molecule has 0 fully saturated rings. The van der Waals surface area contributed by atoms with E-state index in [4.69, 9.17) is 10.2 Å². The third kappa shape index (κ3) is 6.24. The lowest BCUT2D eigenvalue weighted by atomic mass is 10.2. The number of carbonyl (C=O) groups is 3. The zero-order valence-electron chi connectivity index (χ0n) is 10.6. The van der Waals surface area contributed by atoms with Crippen LogP contribution in [0.15, 0.2) is 30.3 Å². The van der Waals surface area contributed by atoms with Crippen LogP contribution in [0.4, 0.5) is 0 Å². The van der Waals surface area contributed by atoms with Gasteiger partial charge in [0.2, 0.25) is 5.91 Å². The van der Waals surface area contributed by atoms with Gasteiger partial charge in [0.25, 0.3) is 0 Å². The third-order valence-electron chi connectivity index (χ3n) is 2.36. The van der Waals surface area contributed by atoms with Crippen molar-refractivity contribution >= 4 is 29.6 Å². The molecule has 1 amide bonds. The molecule has 20 heavy (non-hydrogen) atoms. The number of hydrogen-bond acceptors (Lipinski definition) is 4. The fourth-order valence-corrected chi connectivity index (χ4v) is 2.25. The minimum atomic E-state index is -1.39. The minimum absolute atomic E-state index is 0.0816. The van der Waals surface area contributed by atoms with E-state index < -0.39 is 30.3 Å². The molecule has 6 nitrogen and oxygen atoms in total. The van der Waals surface area contributed by atoms with Gasteiger partial charge in [-0.05, 0) is 5.56 Å². The van der Waals surface area contributed by atoms with Crippen LogP contribution in [0.5, 0.6) is 0 Å². The fraction of sp³-hybridized carbons (Fsp3) is 0.308. The Morgan fingerprint density at radius 2 is 1.80 bits per heavy atom. The Bertz CT molecular complexity index is 477. The van der Waals surface area contributed by atoms with Crippen molar-refractivity contribution in [3.05, 3.63) is 35.9 Å². The molecule has 0 unspecified atom stereocenters. The first-order valence-electron chi connectivity index (χ1n) is 5.84.